The summed E-state index contributed by atoms with van der Waals surface area (Å²) in [6.07, 6.45) is 8.09. The summed E-state index contributed by atoms with van der Waals surface area (Å²) in [6.45, 7) is 0. The summed E-state index contributed by atoms with van der Waals surface area (Å²) in [6, 6.07) is 25.1. The summed E-state index contributed by atoms with van der Waals surface area (Å²) in [5.74, 6) is 0.322. The van der Waals surface area contributed by atoms with Gasteiger partial charge in [-0.2, -0.15) is 0 Å². The third-order valence-electron chi connectivity index (χ3n) is 4.80. The van der Waals surface area contributed by atoms with Crippen LogP contribution in [0.2, 0.25) is 0 Å². The Bertz CT molecular complexity index is 1270. The molecule has 32 heavy (non-hydrogen) atoms. The van der Waals surface area contributed by atoms with E-state index >= 15 is 0 Å². The Hall–Kier alpha value is -3.61. The summed E-state index contributed by atoms with van der Waals surface area (Å²) in [5.41, 5.74) is 7.86. The van der Waals surface area contributed by atoms with E-state index in [4.69, 9.17) is 5.11 Å². The van der Waals surface area contributed by atoms with Crippen molar-refractivity contribution in [2.75, 3.05) is 0 Å². The topological polar surface area (TPSA) is 77.6 Å². The highest BCUT2D eigenvalue weighted by Crippen LogP contribution is 2.17. The molecule has 1 aromatic carbocycles. The molecule has 6 heteroatoms. The standard InChI is InChI=1S/C20H14N4.C6H6O.Mg.2H/c1-2-14-10-16-5-6-18(23-16)12-20-8-7-19(24-20)11-17-4-3-15(22-17)9-13(1)21-14;7-6-4-2-1-3-5-6;;;/h1-12,21,24H;1-5,7H;;;. The van der Waals surface area contributed by atoms with Crippen LogP contribution in [0.5, 0.6) is 5.75 Å². The van der Waals surface area contributed by atoms with Gasteiger partial charge in [0.2, 0.25) is 0 Å². The Balaban J connectivity index is 0.000000265. The van der Waals surface area contributed by atoms with Gasteiger partial charge in [0.15, 0.2) is 0 Å². The molecule has 0 saturated carbocycles. The molecule has 3 N–H and O–H groups in total. The average Bonchev–Trinajstić information content (AvgIpc) is 3.55. The Morgan fingerprint density at radius 1 is 0.500 bits per heavy atom. The zero-order chi connectivity index (χ0) is 21.0. The number of aromatic hydroxyl groups is 1. The van der Waals surface area contributed by atoms with Crippen LogP contribution in [-0.2, 0) is 0 Å². The molecule has 5 nitrogen and oxygen atoms in total. The molecular formula is C26H22MgN4O. The number of hydrogen-bond donors (Lipinski definition) is 3. The van der Waals surface area contributed by atoms with Crippen LogP contribution in [0.15, 0.2) is 78.9 Å². The number of hydrogen-bond acceptors (Lipinski definition) is 3. The normalized spacial score (nSPS) is 11.4. The van der Waals surface area contributed by atoms with E-state index in [0.717, 1.165) is 44.8 Å². The van der Waals surface area contributed by atoms with Crippen LogP contribution >= 0.6 is 0 Å². The molecule has 0 amide bonds. The summed E-state index contributed by atoms with van der Waals surface area (Å²) in [4.78, 5) is 16.0. The Morgan fingerprint density at radius 2 is 0.844 bits per heavy atom. The number of nitrogens with one attached hydrogen (secondary N) is 2. The van der Waals surface area contributed by atoms with Crippen LogP contribution in [0.25, 0.3) is 46.4 Å². The minimum Gasteiger partial charge on any atom is -0.508 e. The zero-order valence-electron chi connectivity index (χ0n) is 16.7. The number of benzene rings is 1. The third-order valence-corrected chi connectivity index (χ3v) is 4.80. The number of aromatic nitrogens is 4. The second-order valence-electron chi connectivity index (χ2n) is 7.24. The van der Waals surface area contributed by atoms with Gasteiger partial charge in [-0.1, -0.05) is 18.2 Å². The van der Waals surface area contributed by atoms with Crippen molar-refractivity contribution in [2.45, 2.75) is 0 Å². The SMILES string of the molecule is C1=Cc2cc3ccc(cc4nc(cc5ccc(cc1n2)[nH]5)C=C4)[nH]3.Oc1ccccc1.[MgH2]. The van der Waals surface area contributed by atoms with Gasteiger partial charge in [0, 0.05) is 22.1 Å². The fourth-order valence-corrected chi connectivity index (χ4v) is 3.37. The van der Waals surface area contributed by atoms with Gasteiger partial charge in [-0.05, 0) is 85.0 Å². The monoisotopic (exact) mass is 430 g/mol. The third kappa shape index (κ3) is 5.35. The Labute approximate surface area is 201 Å². The maximum absolute atomic E-state index is 8.63. The number of nitrogens with zero attached hydrogens (tertiary/aromatic N) is 2. The molecule has 0 radical (unpaired) electrons. The van der Waals surface area contributed by atoms with Gasteiger partial charge in [0.05, 0.1) is 22.8 Å². The predicted molar refractivity (Wildman–Crippen MR) is 136 cm³/mol. The van der Waals surface area contributed by atoms with Gasteiger partial charge in [-0.15, -0.1) is 0 Å². The summed E-state index contributed by atoms with van der Waals surface area (Å²) < 4.78 is 0. The molecule has 4 aromatic rings. The first-order valence-corrected chi connectivity index (χ1v) is 9.98. The van der Waals surface area contributed by atoms with Crippen LogP contribution in [0.1, 0.15) is 22.8 Å². The van der Waals surface area contributed by atoms with E-state index in [9.17, 15) is 0 Å². The first-order chi connectivity index (χ1) is 15.2. The molecule has 8 bridgehead atoms. The van der Waals surface area contributed by atoms with Crippen molar-refractivity contribution in [1.29, 1.82) is 0 Å². The van der Waals surface area contributed by atoms with Gasteiger partial charge in [0.1, 0.15) is 5.75 Å². The fraction of sp³-hybridized carbons (Fsp3) is 0. The van der Waals surface area contributed by atoms with E-state index in [0.29, 0.717) is 5.75 Å². The number of rotatable bonds is 0. The maximum Gasteiger partial charge on any atom is 0.316 e. The second kappa shape index (κ2) is 9.68. The second-order valence-corrected chi connectivity index (χ2v) is 7.24. The van der Waals surface area contributed by atoms with Gasteiger partial charge >= 0.3 is 23.1 Å². The van der Waals surface area contributed by atoms with Crippen LogP contribution in [0, 0.1) is 0 Å². The molecule has 0 spiro atoms. The highest BCUT2D eigenvalue weighted by Gasteiger charge is 2.01. The van der Waals surface area contributed by atoms with Crippen molar-refractivity contribution in [3.8, 4) is 5.75 Å². The van der Waals surface area contributed by atoms with Crippen LogP contribution in [0.4, 0.5) is 0 Å². The number of para-hydroxylation sites is 1. The molecule has 3 aromatic heterocycles. The van der Waals surface area contributed by atoms with Crippen molar-refractivity contribution in [3.05, 3.63) is 102 Å². The molecule has 0 aliphatic carbocycles. The molecule has 5 heterocycles. The smallest absolute Gasteiger partial charge is 0.316 e. The molecule has 0 saturated heterocycles. The molecule has 0 unspecified atom stereocenters. The highest BCUT2D eigenvalue weighted by atomic mass is 24.3. The van der Waals surface area contributed by atoms with E-state index in [-0.39, 0.29) is 23.1 Å². The Morgan fingerprint density at radius 3 is 1.12 bits per heavy atom. The number of H-pyrrole nitrogens is 2. The van der Waals surface area contributed by atoms with Crippen molar-refractivity contribution < 1.29 is 5.11 Å². The van der Waals surface area contributed by atoms with Crippen LogP contribution in [0.3, 0.4) is 0 Å². The minimum absolute atomic E-state index is 0. The van der Waals surface area contributed by atoms with Gasteiger partial charge < -0.3 is 15.1 Å². The first kappa shape index (κ1) is 21.6. The van der Waals surface area contributed by atoms with E-state index in [1.165, 1.54) is 0 Å². The number of aromatic amines is 2. The molecule has 0 fully saturated rings. The zero-order valence-corrected chi connectivity index (χ0v) is 16.7. The van der Waals surface area contributed by atoms with E-state index < -0.39 is 0 Å². The maximum atomic E-state index is 8.63. The van der Waals surface area contributed by atoms with Crippen molar-refractivity contribution in [2.24, 2.45) is 0 Å². The average molecular weight is 431 g/mol. The lowest BCUT2D eigenvalue weighted by molar-refractivity contribution is 0.475. The van der Waals surface area contributed by atoms with Crippen molar-refractivity contribution in [3.63, 3.8) is 0 Å². The number of phenols is 1. The lowest BCUT2D eigenvalue weighted by Crippen LogP contribution is -1.75. The predicted octanol–water partition coefficient (Wildman–Crippen LogP) is 5.13. The first-order valence-electron chi connectivity index (χ1n) is 9.98. The fourth-order valence-electron chi connectivity index (χ4n) is 3.37. The molecule has 0 atom stereocenters. The largest absolute Gasteiger partial charge is 0.508 e. The van der Waals surface area contributed by atoms with Crippen LogP contribution < -0.4 is 0 Å². The lowest BCUT2D eigenvalue weighted by atomic mass is 10.3. The lowest BCUT2D eigenvalue weighted by Gasteiger charge is -1.85. The minimum atomic E-state index is 0. The van der Waals surface area contributed by atoms with Crippen molar-refractivity contribution >= 4 is 69.4 Å². The van der Waals surface area contributed by atoms with Gasteiger partial charge in [-0.3, -0.25) is 0 Å². The van der Waals surface area contributed by atoms with E-state index in [1.54, 1.807) is 24.3 Å². The highest BCUT2D eigenvalue weighted by molar-refractivity contribution is 5.77. The molecule has 154 valence electrons. The number of phenolic OH excluding ortho intramolecular Hbond substituents is 1. The molecule has 6 rings (SSSR count). The molecular weight excluding hydrogens is 409 g/mol. The molecule has 2 aliphatic heterocycles. The summed E-state index contributed by atoms with van der Waals surface area (Å²) >= 11 is 0. The summed E-state index contributed by atoms with van der Waals surface area (Å²) in [5, 5.41) is 8.63. The quantitative estimate of drug-likeness (QED) is 0.292. The van der Waals surface area contributed by atoms with Crippen molar-refractivity contribution in [1.82, 2.24) is 19.9 Å². The van der Waals surface area contributed by atoms with Gasteiger partial charge in [0.25, 0.3) is 0 Å². The number of fused-ring (bicyclic) bond motifs is 8. The Kier molecular flexibility index (Phi) is 6.54. The van der Waals surface area contributed by atoms with E-state index in [2.05, 4.69) is 44.2 Å². The van der Waals surface area contributed by atoms with E-state index in [1.807, 2.05) is 54.6 Å². The van der Waals surface area contributed by atoms with Crippen LogP contribution in [-0.4, -0.2) is 48.1 Å². The van der Waals surface area contributed by atoms with Gasteiger partial charge in [-0.25, -0.2) is 9.97 Å². The molecule has 2 aliphatic rings. The summed E-state index contributed by atoms with van der Waals surface area (Å²) in [7, 11) is 0.